The fourth-order valence-corrected chi connectivity index (χ4v) is 3.82. The van der Waals surface area contributed by atoms with Gasteiger partial charge in [-0.1, -0.05) is 12.1 Å². The molecule has 28 heavy (non-hydrogen) atoms. The summed E-state index contributed by atoms with van der Waals surface area (Å²) in [5, 5.41) is 0. The highest BCUT2D eigenvalue weighted by molar-refractivity contribution is 5.43. The fraction of sp³-hybridized carbons (Fsp3) is 0.478. The molecule has 0 aliphatic carbocycles. The number of rotatable bonds is 7. The largest absolute Gasteiger partial charge is 0.496 e. The van der Waals surface area contributed by atoms with Crippen molar-refractivity contribution < 1.29 is 14.2 Å². The van der Waals surface area contributed by atoms with Gasteiger partial charge in [-0.05, 0) is 54.3 Å². The van der Waals surface area contributed by atoms with Gasteiger partial charge in [0.05, 0.1) is 21.3 Å². The van der Waals surface area contributed by atoms with E-state index in [1.807, 2.05) is 6.07 Å². The molecule has 1 fully saturated rings. The maximum absolute atomic E-state index is 5.44. The van der Waals surface area contributed by atoms with E-state index in [1.54, 1.807) is 21.3 Å². The first-order chi connectivity index (χ1) is 13.5. The summed E-state index contributed by atoms with van der Waals surface area (Å²) in [6.45, 7) is 10.5. The Morgan fingerprint density at radius 3 is 1.89 bits per heavy atom. The molecule has 0 N–H and O–H groups in total. The number of nitrogens with zero attached hydrogens (tertiary/aromatic N) is 2. The second-order valence-corrected chi connectivity index (χ2v) is 7.49. The molecule has 0 bridgehead atoms. The Hall–Kier alpha value is -2.24. The molecule has 0 atom stereocenters. The van der Waals surface area contributed by atoms with Crippen LogP contribution in [0, 0.1) is 13.8 Å². The van der Waals surface area contributed by atoms with Crippen LogP contribution in [0.5, 0.6) is 17.2 Å². The van der Waals surface area contributed by atoms with E-state index in [1.165, 1.54) is 22.3 Å². The molecule has 3 rings (SSSR count). The highest BCUT2D eigenvalue weighted by atomic mass is 16.5. The number of piperazine rings is 1. The minimum Gasteiger partial charge on any atom is -0.496 e. The summed E-state index contributed by atoms with van der Waals surface area (Å²) in [6.07, 6.45) is 0. The predicted octanol–water partition coefficient (Wildman–Crippen LogP) is 3.65. The van der Waals surface area contributed by atoms with Crippen LogP contribution >= 0.6 is 0 Å². The molecule has 0 aromatic heterocycles. The molecule has 5 nitrogen and oxygen atoms in total. The van der Waals surface area contributed by atoms with Gasteiger partial charge in [-0.25, -0.2) is 0 Å². The summed E-state index contributed by atoms with van der Waals surface area (Å²) < 4.78 is 16.2. The fourth-order valence-electron chi connectivity index (χ4n) is 3.82. The molecule has 1 aliphatic rings. The highest BCUT2D eigenvalue weighted by Crippen LogP contribution is 2.28. The third-order valence-electron chi connectivity index (χ3n) is 5.57. The summed E-state index contributed by atoms with van der Waals surface area (Å²) >= 11 is 0. The minimum absolute atomic E-state index is 0.779. The predicted molar refractivity (Wildman–Crippen MR) is 113 cm³/mol. The van der Waals surface area contributed by atoms with Crippen molar-refractivity contribution >= 4 is 0 Å². The summed E-state index contributed by atoms with van der Waals surface area (Å²) in [4.78, 5) is 5.04. The van der Waals surface area contributed by atoms with Gasteiger partial charge >= 0.3 is 0 Å². The molecule has 1 heterocycles. The number of hydrogen-bond acceptors (Lipinski definition) is 5. The van der Waals surface area contributed by atoms with Crippen LogP contribution in [-0.4, -0.2) is 57.3 Å². The molecular weight excluding hydrogens is 352 g/mol. The lowest BCUT2D eigenvalue weighted by Gasteiger charge is -2.35. The van der Waals surface area contributed by atoms with Crippen LogP contribution in [0.1, 0.15) is 22.3 Å². The zero-order chi connectivity index (χ0) is 20.1. The smallest absolute Gasteiger partial charge is 0.161 e. The molecule has 1 aliphatic heterocycles. The zero-order valence-electron chi connectivity index (χ0n) is 17.7. The van der Waals surface area contributed by atoms with Crippen molar-refractivity contribution in [3.63, 3.8) is 0 Å². The van der Waals surface area contributed by atoms with Crippen LogP contribution in [0.25, 0.3) is 0 Å². The Labute approximate surface area is 168 Å². The average Bonchev–Trinajstić information content (AvgIpc) is 2.71. The molecular formula is C23H32N2O3. The van der Waals surface area contributed by atoms with Crippen LogP contribution in [0.3, 0.4) is 0 Å². The average molecular weight is 385 g/mol. The Balaban J connectivity index is 1.56. The lowest BCUT2D eigenvalue weighted by atomic mass is 10.0. The van der Waals surface area contributed by atoms with Crippen molar-refractivity contribution in [3.8, 4) is 17.2 Å². The van der Waals surface area contributed by atoms with Crippen LogP contribution in [0.2, 0.25) is 0 Å². The van der Waals surface area contributed by atoms with Crippen molar-refractivity contribution in [2.75, 3.05) is 47.5 Å². The molecule has 0 amide bonds. The van der Waals surface area contributed by atoms with Crippen LogP contribution in [-0.2, 0) is 13.1 Å². The molecule has 0 unspecified atom stereocenters. The Bertz CT molecular complexity index is 799. The number of ether oxygens (including phenoxy) is 3. The van der Waals surface area contributed by atoms with E-state index in [4.69, 9.17) is 14.2 Å². The van der Waals surface area contributed by atoms with Crippen molar-refractivity contribution in [2.24, 2.45) is 0 Å². The van der Waals surface area contributed by atoms with Gasteiger partial charge in [-0.15, -0.1) is 0 Å². The first-order valence-electron chi connectivity index (χ1n) is 9.83. The van der Waals surface area contributed by atoms with Gasteiger partial charge in [0.15, 0.2) is 11.5 Å². The Morgan fingerprint density at radius 1 is 0.679 bits per heavy atom. The molecule has 1 saturated heterocycles. The standard InChI is InChI=1S/C23H32N2O3/c1-17-13-22(27-4)18(2)12-20(17)16-25-10-8-24(9-11-25)15-19-6-7-21(26-3)23(14-19)28-5/h6-7,12-14H,8-11,15-16H2,1-5H3. The van der Waals surface area contributed by atoms with E-state index in [-0.39, 0.29) is 0 Å². The number of aryl methyl sites for hydroxylation is 2. The molecule has 5 heteroatoms. The van der Waals surface area contributed by atoms with Crippen LogP contribution < -0.4 is 14.2 Å². The van der Waals surface area contributed by atoms with Gasteiger partial charge in [0, 0.05) is 39.3 Å². The second-order valence-electron chi connectivity index (χ2n) is 7.49. The normalized spacial score (nSPS) is 15.5. The maximum atomic E-state index is 5.44. The molecule has 0 radical (unpaired) electrons. The topological polar surface area (TPSA) is 34.2 Å². The van der Waals surface area contributed by atoms with Crippen molar-refractivity contribution in [1.82, 2.24) is 9.80 Å². The summed E-state index contributed by atoms with van der Waals surface area (Å²) in [5.41, 5.74) is 5.16. The third-order valence-corrected chi connectivity index (χ3v) is 5.57. The van der Waals surface area contributed by atoms with Gasteiger partial charge in [-0.3, -0.25) is 9.80 Å². The van der Waals surface area contributed by atoms with E-state index >= 15 is 0 Å². The van der Waals surface area contributed by atoms with E-state index in [0.717, 1.165) is 56.5 Å². The molecule has 0 spiro atoms. The third kappa shape index (κ3) is 4.78. The van der Waals surface area contributed by atoms with Crippen LogP contribution in [0.15, 0.2) is 30.3 Å². The van der Waals surface area contributed by atoms with Crippen molar-refractivity contribution in [3.05, 3.63) is 52.6 Å². The summed E-state index contributed by atoms with van der Waals surface area (Å²) in [7, 11) is 5.09. The van der Waals surface area contributed by atoms with Gasteiger partial charge < -0.3 is 14.2 Å². The Kier molecular flexibility index (Phi) is 6.81. The van der Waals surface area contributed by atoms with Crippen molar-refractivity contribution in [1.29, 1.82) is 0 Å². The molecule has 152 valence electrons. The highest BCUT2D eigenvalue weighted by Gasteiger charge is 2.19. The van der Waals surface area contributed by atoms with E-state index in [0.29, 0.717) is 0 Å². The zero-order valence-corrected chi connectivity index (χ0v) is 17.7. The number of hydrogen-bond donors (Lipinski definition) is 0. The van der Waals surface area contributed by atoms with E-state index in [2.05, 4.69) is 47.9 Å². The van der Waals surface area contributed by atoms with Crippen LogP contribution in [0.4, 0.5) is 0 Å². The monoisotopic (exact) mass is 384 g/mol. The van der Waals surface area contributed by atoms with E-state index < -0.39 is 0 Å². The van der Waals surface area contributed by atoms with Gasteiger partial charge in [0.25, 0.3) is 0 Å². The minimum atomic E-state index is 0.779. The molecule has 2 aromatic rings. The summed E-state index contributed by atoms with van der Waals surface area (Å²) in [5.74, 6) is 2.55. The van der Waals surface area contributed by atoms with Gasteiger partial charge in [-0.2, -0.15) is 0 Å². The van der Waals surface area contributed by atoms with Crippen molar-refractivity contribution in [2.45, 2.75) is 26.9 Å². The van der Waals surface area contributed by atoms with E-state index in [9.17, 15) is 0 Å². The van der Waals surface area contributed by atoms with Gasteiger partial charge in [0.1, 0.15) is 5.75 Å². The second kappa shape index (κ2) is 9.30. The lowest BCUT2D eigenvalue weighted by molar-refractivity contribution is 0.121. The Morgan fingerprint density at radius 2 is 1.29 bits per heavy atom. The van der Waals surface area contributed by atoms with Gasteiger partial charge in [0.2, 0.25) is 0 Å². The maximum Gasteiger partial charge on any atom is 0.161 e. The molecule has 0 saturated carbocycles. The number of benzene rings is 2. The summed E-state index contributed by atoms with van der Waals surface area (Å²) in [6, 6.07) is 10.6. The SMILES string of the molecule is COc1cc(C)c(CN2CCN(Cc3ccc(OC)c(OC)c3)CC2)cc1C. The lowest BCUT2D eigenvalue weighted by Crippen LogP contribution is -2.45. The first-order valence-corrected chi connectivity index (χ1v) is 9.83. The first kappa shape index (κ1) is 20.5. The quantitative estimate of drug-likeness (QED) is 0.728. The number of methoxy groups -OCH3 is 3. The molecule has 2 aromatic carbocycles.